The smallest absolute Gasteiger partial charge is 0.253 e. The SMILES string of the molecule is CCCCOCCN(C(=O)COC[C@@H]1CCCO1)c1cccc(Br)c1. The molecule has 0 unspecified atom stereocenters. The molecule has 5 nitrogen and oxygen atoms in total. The minimum absolute atomic E-state index is 0.0569. The number of anilines is 1. The first-order valence-corrected chi connectivity index (χ1v) is 9.83. The van der Waals surface area contributed by atoms with Crippen molar-refractivity contribution in [2.24, 2.45) is 0 Å². The van der Waals surface area contributed by atoms with E-state index in [-0.39, 0.29) is 18.6 Å². The van der Waals surface area contributed by atoms with Crippen LogP contribution in [0, 0.1) is 0 Å². The minimum atomic E-state index is -0.0600. The Balaban J connectivity index is 1.86. The number of carbonyl (C=O) groups is 1. The Kier molecular flexibility index (Phi) is 9.47. The molecule has 1 saturated heterocycles. The average Bonchev–Trinajstić information content (AvgIpc) is 3.11. The Morgan fingerprint density at radius 1 is 1.36 bits per heavy atom. The van der Waals surface area contributed by atoms with Gasteiger partial charge in [0.05, 0.1) is 19.3 Å². The number of amides is 1. The molecule has 1 aliphatic rings. The van der Waals surface area contributed by atoms with Crippen molar-refractivity contribution in [3.05, 3.63) is 28.7 Å². The highest BCUT2D eigenvalue weighted by Gasteiger charge is 2.19. The van der Waals surface area contributed by atoms with Crippen molar-refractivity contribution in [2.75, 3.05) is 44.5 Å². The van der Waals surface area contributed by atoms with E-state index in [0.29, 0.717) is 19.8 Å². The highest BCUT2D eigenvalue weighted by molar-refractivity contribution is 9.10. The van der Waals surface area contributed by atoms with E-state index in [2.05, 4.69) is 22.9 Å². The van der Waals surface area contributed by atoms with Crippen LogP contribution < -0.4 is 4.90 Å². The highest BCUT2D eigenvalue weighted by atomic mass is 79.9. The maximum absolute atomic E-state index is 12.6. The van der Waals surface area contributed by atoms with Gasteiger partial charge in [-0.1, -0.05) is 35.3 Å². The summed E-state index contributed by atoms with van der Waals surface area (Å²) >= 11 is 3.46. The van der Waals surface area contributed by atoms with Gasteiger partial charge in [0.25, 0.3) is 5.91 Å². The van der Waals surface area contributed by atoms with Crippen LogP contribution in [0.4, 0.5) is 5.69 Å². The van der Waals surface area contributed by atoms with Crippen LogP contribution in [0.2, 0.25) is 0 Å². The van der Waals surface area contributed by atoms with Crippen molar-refractivity contribution in [1.82, 2.24) is 0 Å². The molecule has 1 heterocycles. The van der Waals surface area contributed by atoms with E-state index in [0.717, 1.165) is 49.1 Å². The predicted molar refractivity (Wildman–Crippen MR) is 102 cm³/mol. The molecule has 2 rings (SSSR count). The average molecular weight is 414 g/mol. The summed E-state index contributed by atoms with van der Waals surface area (Å²) in [4.78, 5) is 14.4. The van der Waals surface area contributed by atoms with E-state index in [9.17, 15) is 4.79 Å². The van der Waals surface area contributed by atoms with Crippen molar-refractivity contribution in [3.8, 4) is 0 Å². The Hall–Kier alpha value is -0.950. The Bertz CT molecular complexity index is 520. The lowest BCUT2D eigenvalue weighted by Crippen LogP contribution is -2.37. The number of ether oxygens (including phenoxy) is 3. The molecule has 0 aliphatic carbocycles. The van der Waals surface area contributed by atoms with Crippen molar-refractivity contribution in [2.45, 2.75) is 38.7 Å². The van der Waals surface area contributed by atoms with Gasteiger partial charge in [-0.2, -0.15) is 0 Å². The maximum Gasteiger partial charge on any atom is 0.253 e. The van der Waals surface area contributed by atoms with Crippen LogP contribution in [0.3, 0.4) is 0 Å². The fourth-order valence-electron chi connectivity index (χ4n) is 2.68. The third-order valence-electron chi connectivity index (χ3n) is 4.08. The minimum Gasteiger partial charge on any atom is -0.380 e. The van der Waals surface area contributed by atoms with Crippen LogP contribution >= 0.6 is 15.9 Å². The zero-order valence-corrected chi connectivity index (χ0v) is 16.5. The second-order valence-electron chi connectivity index (χ2n) is 6.14. The Labute approximate surface area is 158 Å². The number of hydrogen-bond donors (Lipinski definition) is 0. The molecule has 140 valence electrons. The molecular formula is C19H28BrNO4. The number of hydrogen-bond acceptors (Lipinski definition) is 4. The zero-order valence-electron chi connectivity index (χ0n) is 14.9. The van der Waals surface area contributed by atoms with Gasteiger partial charge in [0.2, 0.25) is 0 Å². The fraction of sp³-hybridized carbons (Fsp3) is 0.632. The molecule has 0 bridgehead atoms. The van der Waals surface area contributed by atoms with Crippen LogP contribution in [-0.4, -0.2) is 51.6 Å². The van der Waals surface area contributed by atoms with Crippen molar-refractivity contribution in [1.29, 1.82) is 0 Å². The van der Waals surface area contributed by atoms with E-state index in [1.807, 2.05) is 24.3 Å². The number of benzene rings is 1. The molecule has 1 aromatic carbocycles. The van der Waals surface area contributed by atoms with Gasteiger partial charge in [-0.15, -0.1) is 0 Å². The third kappa shape index (κ3) is 7.44. The number of halogens is 1. The molecule has 1 atom stereocenters. The lowest BCUT2D eigenvalue weighted by Gasteiger charge is -2.23. The fourth-order valence-corrected chi connectivity index (χ4v) is 3.06. The summed E-state index contributed by atoms with van der Waals surface area (Å²) in [5, 5.41) is 0. The monoisotopic (exact) mass is 413 g/mol. The normalized spacial score (nSPS) is 17.0. The number of unbranched alkanes of at least 4 members (excludes halogenated alkanes) is 1. The molecule has 1 aromatic rings. The topological polar surface area (TPSA) is 48.0 Å². The van der Waals surface area contributed by atoms with Crippen LogP contribution in [0.25, 0.3) is 0 Å². The number of carbonyl (C=O) groups excluding carboxylic acids is 1. The highest BCUT2D eigenvalue weighted by Crippen LogP contribution is 2.20. The summed E-state index contributed by atoms with van der Waals surface area (Å²) in [6.07, 6.45) is 4.35. The molecule has 0 N–H and O–H groups in total. The van der Waals surface area contributed by atoms with Crippen molar-refractivity contribution in [3.63, 3.8) is 0 Å². The van der Waals surface area contributed by atoms with Gasteiger partial charge in [-0.25, -0.2) is 0 Å². The first-order chi connectivity index (χ1) is 12.2. The van der Waals surface area contributed by atoms with Crippen LogP contribution in [0.5, 0.6) is 0 Å². The molecule has 0 aromatic heterocycles. The zero-order chi connectivity index (χ0) is 17.9. The van der Waals surface area contributed by atoms with Crippen LogP contribution in [0.15, 0.2) is 28.7 Å². The van der Waals surface area contributed by atoms with Gasteiger partial charge in [0, 0.05) is 29.9 Å². The van der Waals surface area contributed by atoms with Crippen molar-refractivity contribution >= 4 is 27.5 Å². The molecule has 0 radical (unpaired) electrons. The van der Waals surface area contributed by atoms with E-state index in [1.165, 1.54) is 0 Å². The first kappa shape index (κ1) is 20.4. The molecule has 0 saturated carbocycles. The molecule has 25 heavy (non-hydrogen) atoms. The molecule has 6 heteroatoms. The van der Waals surface area contributed by atoms with E-state index >= 15 is 0 Å². The van der Waals surface area contributed by atoms with E-state index < -0.39 is 0 Å². The van der Waals surface area contributed by atoms with Gasteiger partial charge in [0.15, 0.2) is 0 Å². The predicted octanol–water partition coefficient (Wildman–Crippen LogP) is 3.79. The molecule has 1 aliphatic heterocycles. The van der Waals surface area contributed by atoms with E-state index in [1.54, 1.807) is 4.90 Å². The van der Waals surface area contributed by atoms with Crippen molar-refractivity contribution < 1.29 is 19.0 Å². The lowest BCUT2D eigenvalue weighted by atomic mass is 10.2. The number of rotatable bonds is 11. The quantitative estimate of drug-likeness (QED) is 0.517. The molecule has 1 amide bonds. The van der Waals surface area contributed by atoms with Crippen LogP contribution in [-0.2, 0) is 19.0 Å². The van der Waals surface area contributed by atoms with E-state index in [4.69, 9.17) is 14.2 Å². The summed E-state index contributed by atoms with van der Waals surface area (Å²) in [7, 11) is 0. The van der Waals surface area contributed by atoms with Gasteiger partial charge in [-0.05, 0) is 37.5 Å². The second-order valence-corrected chi connectivity index (χ2v) is 7.06. The number of nitrogens with zero attached hydrogens (tertiary/aromatic N) is 1. The maximum atomic E-state index is 12.6. The first-order valence-electron chi connectivity index (χ1n) is 9.03. The largest absolute Gasteiger partial charge is 0.380 e. The van der Waals surface area contributed by atoms with Gasteiger partial charge in [-0.3, -0.25) is 4.79 Å². The van der Waals surface area contributed by atoms with Gasteiger partial charge >= 0.3 is 0 Å². The summed E-state index contributed by atoms with van der Waals surface area (Å²) < 4.78 is 17.7. The summed E-state index contributed by atoms with van der Waals surface area (Å²) in [6, 6.07) is 7.72. The Morgan fingerprint density at radius 2 is 2.24 bits per heavy atom. The molecule has 0 spiro atoms. The summed E-state index contributed by atoms with van der Waals surface area (Å²) in [5.74, 6) is -0.0600. The standard InChI is InChI=1S/C19H28BrNO4/c1-2-3-10-23-12-9-21(17-7-4-6-16(20)13-17)19(22)15-24-14-18-8-5-11-25-18/h4,6-7,13,18H,2-3,5,8-12,14-15H2,1H3/t18-/m0/s1. The lowest BCUT2D eigenvalue weighted by molar-refractivity contribution is -0.124. The summed E-state index contributed by atoms with van der Waals surface area (Å²) in [6.45, 7) is 5.22. The summed E-state index contributed by atoms with van der Waals surface area (Å²) in [5.41, 5.74) is 0.846. The Morgan fingerprint density at radius 3 is 2.96 bits per heavy atom. The third-order valence-corrected chi connectivity index (χ3v) is 4.57. The molecule has 1 fully saturated rings. The molecular weight excluding hydrogens is 386 g/mol. The van der Waals surface area contributed by atoms with Gasteiger partial charge in [0.1, 0.15) is 6.61 Å². The van der Waals surface area contributed by atoms with Gasteiger partial charge < -0.3 is 19.1 Å². The second kappa shape index (κ2) is 11.6. The van der Waals surface area contributed by atoms with Crippen LogP contribution in [0.1, 0.15) is 32.6 Å².